The van der Waals surface area contributed by atoms with Crippen molar-refractivity contribution in [3.8, 4) is 0 Å². The smallest absolute Gasteiger partial charge is 0.227 e. The van der Waals surface area contributed by atoms with E-state index in [0.717, 1.165) is 49.8 Å². The molecule has 1 fully saturated rings. The third-order valence-corrected chi connectivity index (χ3v) is 6.62. The molecule has 1 amide bonds. The lowest BCUT2D eigenvalue weighted by Gasteiger charge is -2.21. The molecule has 2 nitrogen and oxygen atoms in total. The summed E-state index contributed by atoms with van der Waals surface area (Å²) in [6.45, 7) is 8.86. The van der Waals surface area contributed by atoms with E-state index >= 15 is 0 Å². The van der Waals surface area contributed by atoms with Gasteiger partial charge in [0, 0.05) is 18.7 Å². The zero-order chi connectivity index (χ0) is 20.0. The second-order valence-electron chi connectivity index (χ2n) is 8.54. The summed E-state index contributed by atoms with van der Waals surface area (Å²) >= 11 is 0. The highest BCUT2D eigenvalue weighted by atomic mass is 16.2. The average Bonchev–Trinajstić information content (AvgIpc) is 3.05. The fourth-order valence-corrected chi connectivity index (χ4v) is 5.06. The van der Waals surface area contributed by atoms with Gasteiger partial charge in [-0.1, -0.05) is 61.2 Å². The largest absolute Gasteiger partial charge is 0.313 e. The van der Waals surface area contributed by atoms with Crippen LogP contribution in [0.5, 0.6) is 0 Å². The maximum atomic E-state index is 12.0. The lowest BCUT2D eigenvalue weighted by Crippen LogP contribution is -2.25. The van der Waals surface area contributed by atoms with Gasteiger partial charge < -0.3 is 4.90 Å². The molecule has 0 bridgehead atoms. The van der Waals surface area contributed by atoms with Crippen LogP contribution in [0.1, 0.15) is 42.4 Å². The van der Waals surface area contributed by atoms with Gasteiger partial charge in [-0.05, 0) is 76.8 Å². The third-order valence-electron chi connectivity index (χ3n) is 6.62. The molecule has 0 aromatic heterocycles. The summed E-state index contributed by atoms with van der Waals surface area (Å²) in [6.07, 6.45) is 6.71. The fraction of sp³-hybridized carbons (Fsp3) is 0.296. The van der Waals surface area contributed by atoms with E-state index < -0.39 is 0 Å². The van der Waals surface area contributed by atoms with Crippen LogP contribution in [-0.4, -0.2) is 17.4 Å². The number of aryl methyl sites for hydroxylation is 3. The summed E-state index contributed by atoms with van der Waals surface area (Å²) in [5.74, 6) is 0.190. The lowest BCUT2D eigenvalue weighted by molar-refractivity contribution is -0.126. The number of benzene rings is 3. The van der Waals surface area contributed by atoms with Crippen molar-refractivity contribution in [3.05, 3.63) is 83.6 Å². The van der Waals surface area contributed by atoms with Crippen molar-refractivity contribution < 1.29 is 4.79 Å². The number of likely N-dealkylation sites (tertiary alicyclic amines) is 1. The molecule has 1 aliphatic carbocycles. The van der Waals surface area contributed by atoms with Crippen LogP contribution in [0, 0.1) is 0 Å². The van der Waals surface area contributed by atoms with Gasteiger partial charge >= 0.3 is 0 Å². The van der Waals surface area contributed by atoms with Gasteiger partial charge in [-0.25, -0.2) is 0 Å². The van der Waals surface area contributed by atoms with E-state index in [2.05, 4.69) is 55.6 Å². The van der Waals surface area contributed by atoms with E-state index in [-0.39, 0.29) is 5.91 Å². The number of allylic oxidation sites excluding steroid dienone is 1. The highest BCUT2D eigenvalue weighted by Gasteiger charge is 2.24. The minimum atomic E-state index is 0.190. The number of hydrogen-bond donors (Lipinski definition) is 0. The molecule has 1 heterocycles. The molecular weight excluding hydrogens is 354 g/mol. The maximum absolute atomic E-state index is 12.0. The third kappa shape index (κ3) is 3.17. The summed E-state index contributed by atoms with van der Waals surface area (Å²) in [6, 6.07) is 16.0. The Hall–Kier alpha value is -2.87. The molecule has 0 saturated carbocycles. The van der Waals surface area contributed by atoms with Crippen molar-refractivity contribution in [2.45, 2.75) is 44.9 Å². The van der Waals surface area contributed by atoms with E-state index in [1.54, 1.807) is 0 Å². The number of rotatable bonds is 6. The van der Waals surface area contributed by atoms with Gasteiger partial charge in [-0.3, -0.25) is 4.79 Å². The highest BCUT2D eigenvalue weighted by Crippen LogP contribution is 2.37. The van der Waals surface area contributed by atoms with Crippen LogP contribution in [0.25, 0.3) is 21.5 Å². The Bertz CT molecular complexity index is 1150. The Kier molecular flexibility index (Phi) is 4.50. The van der Waals surface area contributed by atoms with Crippen molar-refractivity contribution >= 4 is 27.5 Å². The second-order valence-corrected chi connectivity index (χ2v) is 8.54. The Labute approximate surface area is 172 Å². The molecule has 1 saturated heterocycles. The second kappa shape index (κ2) is 7.18. The van der Waals surface area contributed by atoms with Crippen LogP contribution in [0.15, 0.2) is 66.9 Å². The van der Waals surface area contributed by atoms with Gasteiger partial charge in [-0.15, -0.1) is 0 Å². The number of amides is 1. The summed E-state index contributed by atoms with van der Waals surface area (Å²) in [7, 11) is 0. The Morgan fingerprint density at radius 2 is 1.76 bits per heavy atom. The molecule has 2 heteroatoms. The molecular formula is C27H27NO. The number of carbonyl (C=O) groups excluding carboxylic acids is 1. The molecule has 146 valence electrons. The van der Waals surface area contributed by atoms with Crippen LogP contribution < -0.4 is 0 Å². The van der Waals surface area contributed by atoms with Gasteiger partial charge in [0.15, 0.2) is 0 Å². The molecule has 0 radical (unpaired) electrons. The van der Waals surface area contributed by atoms with Crippen LogP contribution in [0.3, 0.4) is 0 Å². The van der Waals surface area contributed by atoms with Gasteiger partial charge in [0.1, 0.15) is 0 Å². The number of hydrogen-bond acceptors (Lipinski definition) is 1. The maximum Gasteiger partial charge on any atom is 0.227 e. The molecule has 3 aromatic carbocycles. The average molecular weight is 382 g/mol. The lowest BCUT2D eigenvalue weighted by atomic mass is 9.84. The molecule has 2 aliphatic rings. The molecule has 0 atom stereocenters. The zero-order valence-corrected chi connectivity index (χ0v) is 17.0. The van der Waals surface area contributed by atoms with E-state index in [9.17, 15) is 4.79 Å². The normalized spacial score (nSPS) is 15.8. The first kappa shape index (κ1) is 18.2. The van der Waals surface area contributed by atoms with Crippen LogP contribution in [-0.2, 0) is 24.1 Å². The molecule has 29 heavy (non-hydrogen) atoms. The number of nitrogens with zero attached hydrogens (tertiary/aromatic N) is 1. The SMILES string of the molecule is C=C(CCCc1ccc2c3c1ccc1cccc(c13)CC2)CN1C(=C)CCC1=O. The Morgan fingerprint density at radius 3 is 2.55 bits per heavy atom. The first-order valence-corrected chi connectivity index (χ1v) is 10.7. The quantitative estimate of drug-likeness (QED) is 0.373. The van der Waals surface area contributed by atoms with Crippen LogP contribution in [0.4, 0.5) is 0 Å². The van der Waals surface area contributed by atoms with E-state index in [4.69, 9.17) is 0 Å². The van der Waals surface area contributed by atoms with Gasteiger partial charge in [-0.2, -0.15) is 0 Å². The molecule has 0 N–H and O–H groups in total. The molecule has 0 spiro atoms. The molecule has 0 unspecified atom stereocenters. The van der Waals surface area contributed by atoms with Crippen LogP contribution in [0.2, 0.25) is 0 Å². The molecule has 5 rings (SSSR count). The van der Waals surface area contributed by atoms with Gasteiger partial charge in [0.05, 0.1) is 0 Å². The summed E-state index contributed by atoms with van der Waals surface area (Å²) < 4.78 is 0. The summed E-state index contributed by atoms with van der Waals surface area (Å²) in [5.41, 5.74) is 6.47. The summed E-state index contributed by atoms with van der Waals surface area (Å²) in [4.78, 5) is 13.8. The standard InChI is InChI=1S/C27H27NO/c1-18(17-28-19(2)9-16-25(28)29)5-3-6-20-10-11-23-13-12-21-7-4-8-22-14-15-24(20)27(23)26(21)22/h4,7-8,10-11,14-15H,1-3,5-6,9,12-13,16-17H2. The van der Waals surface area contributed by atoms with Crippen molar-refractivity contribution in [3.63, 3.8) is 0 Å². The fourth-order valence-electron chi connectivity index (χ4n) is 5.06. The minimum absolute atomic E-state index is 0.190. The van der Waals surface area contributed by atoms with Crippen molar-refractivity contribution in [1.29, 1.82) is 0 Å². The van der Waals surface area contributed by atoms with Gasteiger partial charge in [0.25, 0.3) is 0 Å². The Morgan fingerprint density at radius 1 is 0.931 bits per heavy atom. The van der Waals surface area contributed by atoms with E-state index in [1.807, 2.05) is 4.90 Å². The predicted molar refractivity (Wildman–Crippen MR) is 121 cm³/mol. The van der Waals surface area contributed by atoms with Crippen molar-refractivity contribution in [1.82, 2.24) is 4.90 Å². The van der Waals surface area contributed by atoms with E-state index in [1.165, 1.54) is 38.2 Å². The first-order valence-electron chi connectivity index (χ1n) is 10.7. The monoisotopic (exact) mass is 381 g/mol. The topological polar surface area (TPSA) is 20.3 Å². The number of carbonyl (C=O) groups is 1. The Balaban J connectivity index is 1.35. The van der Waals surface area contributed by atoms with Gasteiger partial charge in [0.2, 0.25) is 5.91 Å². The van der Waals surface area contributed by atoms with E-state index in [0.29, 0.717) is 13.0 Å². The highest BCUT2D eigenvalue weighted by molar-refractivity contribution is 6.12. The zero-order valence-electron chi connectivity index (χ0n) is 17.0. The summed E-state index contributed by atoms with van der Waals surface area (Å²) in [5, 5.41) is 5.70. The van der Waals surface area contributed by atoms with Crippen LogP contribution >= 0.6 is 0 Å². The molecule has 3 aromatic rings. The predicted octanol–water partition coefficient (Wildman–Crippen LogP) is 6.11. The minimum Gasteiger partial charge on any atom is -0.313 e. The van der Waals surface area contributed by atoms with Crippen molar-refractivity contribution in [2.75, 3.05) is 6.54 Å². The van der Waals surface area contributed by atoms with Crippen molar-refractivity contribution in [2.24, 2.45) is 0 Å². The first-order chi connectivity index (χ1) is 14.1. The molecule has 1 aliphatic heterocycles.